The van der Waals surface area contributed by atoms with Gasteiger partial charge in [0.2, 0.25) is 0 Å². The zero-order valence-electron chi connectivity index (χ0n) is 11.9. The summed E-state index contributed by atoms with van der Waals surface area (Å²) in [6, 6.07) is 17.3. The normalized spacial score (nSPS) is 10.9. The molecule has 5 heteroatoms. The van der Waals surface area contributed by atoms with Crippen LogP contribution in [0.15, 0.2) is 48.5 Å². The molecule has 0 aliphatic heterocycles. The second-order valence-electron chi connectivity index (χ2n) is 4.55. The standard InChI is InChI=1S/C17H13N3O2/c1-12(22-16-5-3-2-4-14(16)11-19)17(21)20-15-8-6-13(10-18)7-9-15/h2-9,12H,1H3,(H,20,21)/t12-/m1/s1. The number of amides is 1. The molecule has 0 saturated carbocycles. The van der Waals surface area contributed by atoms with E-state index < -0.39 is 6.10 Å². The van der Waals surface area contributed by atoms with Crippen LogP contribution in [0.1, 0.15) is 18.1 Å². The lowest BCUT2D eigenvalue weighted by Crippen LogP contribution is -2.30. The lowest BCUT2D eigenvalue weighted by molar-refractivity contribution is -0.122. The topological polar surface area (TPSA) is 85.9 Å². The van der Waals surface area contributed by atoms with Gasteiger partial charge in [-0.05, 0) is 43.3 Å². The molecule has 2 aromatic carbocycles. The molecule has 1 N–H and O–H groups in total. The number of nitriles is 2. The van der Waals surface area contributed by atoms with E-state index in [1.165, 1.54) is 0 Å². The van der Waals surface area contributed by atoms with Crippen LogP contribution in [-0.4, -0.2) is 12.0 Å². The number of hydrogen-bond acceptors (Lipinski definition) is 4. The summed E-state index contributed by atoms with van der Waals surface area (Å²) in [5.74, 6) is 0.0323. The van der Waals surface area contributed by atoms with Gasteiger partial charge in [-0.1, -0.05) is 12.1 Å². The molecule has 0 fully saturated rings. The number of rotatable bonds is 4. The summed E-state index contributed by atoms with van der Waals surface area (Å²) in [6.45, 7) is 1.60. The van der Waals surface area contributed by atoms with Crippen molar-refractivity contribution in [1.82, 2.24) is 0 Å². The molecule has 5 nitrogen and oxygen atoms in total. The van der Waals surface area contributed by atoms with E-state index >= 15 is 0 Å². The molecule has 1 amide bonds. The third-order valence-corrected chi connectivity index (χ3v) is 2.96. The Morgan fingerprint density at radius 3 is 2.41 bits per heavy atom. The number of ether oxygens (including phenoxy) is 1. The van der Waals surface area contributed by atoms with Gasteiger partial charge in [0.25, 0.3) is 5.91 Å². The molecule has 1 atom stereocenters. The number of benzene rings is 2. The van der Waals surface area contributed by atoms with Gasteiger partial charge in [0, 0.05) is 5.69 Å². The SMILES string of the molecule is C[C@@H](Oc1ccccc1C#N)C(=O)Nc1ccc(C#N)cc1. The summed E-state index contributed by atoms with van der Waals surface area (Å²) in [4.78, 5) is 12.1. The van der Waals surface area contributed by atoms with E-state index in [1.807, 2.05) is 12.1 Å². The highest BCUT2D eigenvalue weighted by atomic mass is 16.5. The summed E-state index contributed by atoms with van der Waals surface area (Å²) >= 11 is 0. The third kappa shape index (κ3) is 3.62. The average Bonchev–Trinajstić information content (AvgIpc) is 2.56. The van der Waals surface area contributed by atoms with Gasteiger partial charge in [0.15, 0.2) is 6.10 Å². The van der Waals surface area contributed by atoms with Crippen molar-refractivity contribution in [1.29, 1.82) is 10.5 Å². The monoisotopic (exact) mass is 291 g/mol. The highest BCUT2D eigenvalue weighted by molar-refractivity contribution is 5.94. The molecular weight excluding hydrogens is 278 g/mol. The largest absolute Gasteiger partial charge is 0.480 e. The summed E-state index contributed by atoms with van der Waals surface area (Å²) in [6.07, 6.45) is -0.759. The number of carbonyl (C=O) groups is 1. The highest BCUT2D eigenvalue weighted by Gasteiger charge is 2.16. The van der Waals surface area contributed by atoms with E-state index in [0.29, 0.717) is 22.6 Å². The summed E-state index contributed by atoms with van der Waals surface area (Å²) < 4.78 is 5.53. The van der Waals surface area contributed by atoms with Crippen molar-refractivity contribution < 1.29 is 9.53 Å². The van der Waals surface area contributed by atoms with Crippen molar-refractivity contribution in [3.05, 3.63) is 59.7 Å². The second kappa shape index (κ2) is 6.92. The Balaban J connectivity index is 2.03. The van der Waals surface area contributed by atoms with Crippen LogP contribution in [0.5, 0.6) is 5.75 Å². The Morgan fingerprint density at radius 2 is 1.77 bits per heavy atom. The Labute approximate surface area is 128 Å². The van der Waals surface area contributed by atoms with Crippen LogP contribution < -0.4 is 10.1 Å². The zero-order chi connectivity index (χ0) is 15.9. The van der Waals surface area contributed by atoms with Gasteiger partial charge in [-0.2, -0.15) is 10.5 Å². The maximum atomic E-state index is 12.1. The first-order valence-corrected chi connectivity index (χ1v) is 6.61. The first-order chi connectivity index (χ1) is 10.6. The number of hydrogen-bond donors (Lipinski definition) is 1. The Bertz CT molecular complexity index is 755. The van der Waals surface area contributed by atoms with E-state index in [0.717, 1.165) is 0 Å². The maximum absolute atomic E-state index is 12.1. The smallest absolute Gasteiger partial charge is 0.265 e. The van der Waals surface area contributed by atoms with E-state index in [9.17, 15) is 4.79 Å². The molecule has 2 rings (SSSR count). The molecule has 2 aromatic rings. The minimum Gasteiger partial charge on any atom is -0.480 e. The lowest BCUT2D eigenvalue weighted by Gasteiger charge is -2.15. The summed E-state index contributed by atoms with van der Waals surface area (Å²) in [7, 11) is 0. The lowest BCUT2D eigenvalue weighted by atomic mass is 10.2. The van der Waals surface area contributed by atoms with Crippen LogP contribution in [0.2, 0.25) is 0 Å². The Hall–Kier alpha value is -3.31. The van der Waals surface area contributed by atoms with Gasteiger partial charge >= 0.3 is 0 Å². The van der Waals surface area contributed by atoms with Gasteiger partial charge in [0.1, 0.15) is 11.8 Å². The Morgan fingerprint density at radius 1 is 1.09 bits per heavy atom. The number of para-hydroxylation sites is 1. The molecule has 0 aliphatic carbocycles. The van der Waals surface area contributed by atoms with Gasteiger partial charge in [-0.3, -0.25) is 4.79 Å². The zero-order valence-corrected chi connectivity index (χ0v) is 11.9. The number of nitrogens with one attached hydrogen (secondary N) is 1. The van der Waals surface area contributed by atoms with Crippen LogP contribution in [0.4, 0.5) is 5.69 Å². The molecule has 0 aliphatic rings. The minimum absolute atomic E-state index is 0.336. The molecule has 0 unspecified atom stereocenters. The van der Waals surface area contributed by atoms with Crippen LogP contribution in [0, 0.1) is 22.7 Å². The van der Waals surface area contributed by atoms with Crippen molar-refractivity contribution in [2.75, 3.05) is 5.32 Å². The molecule has 0 saturated heterocycles. The molecule has 0 heterocycles. The van der Waals surface area contributed by atoms with Crippen LogP contribution in [-0.2, 0) is 4.79 Å². The quantitative estimate of drug-likeness (QED) is 0.938. The molecule has 0 radical (unpaired) electrons. The first kappa shape index (κ1) is 15.1. The fourth-order valence-corrected chi connectivity index (χ4v) is 1.78. The van der Waals surface area contributed by atoms with E-state index in [4.69, 9.17) is 15.3 Å². The van der Waals surface area contributed by atoms with Crippen LogP contribution in [0.3, 0.4) is 0 Å². The van der Waals surface area contributed by atoms with E-state index in [-0.39, 0.29) is 5.91 Å². The van der Waals surface area contributed by atoms with Crippen LogP contribution in [0.25, 0.3) is 0 Å². The second-order valence-corrected chi connectivity index (χ2v) is 4.55. The minimum atomic E-state index is -0.759. The average molecular weight is 291 g/mol. The third-order valence-electron chi connectivity index (χ3n) is 2.96. The number of carbonyl (C=O) groups excluding carboxylic acids is 1. The van der Waals surface area contributed by atoms with Crippen molar-refractivity contribution in [2.45, 2.75) is 13.0 Å². The number of anilines is 1. The summed E-state index contributed by atoms with van der Waals surface area (Å²) in [5.41, 5.74) is 1.47. The molecule has 0 aromatic heterocycles. The van der Waals surface area contributed by atoms with Gasteiger partial charge < -0.3 is 10.1 Å². The predicted molar refractivity (Wildman–Crippen MR) is 81.0 cm³/mol. The van der Waals surface area contributed by atoms with Crippen molar-refractivity contribution >= 4 is 11.6 Å². The summed E-state index contributed by atoms with van der Waals surface area (Å²) in [5, 5.41) is 20.4. The van der Waals surface area contributed by atoms with Gasteiger partial charge in [-0.25, -0.2) is 0 Å². The molecule has 0 bridgehead atoms. The van der Waals surface area contributed by atoms with Crippen molar-refractivity contribution in [3.63, 3.8) is 0 Å². The molecule has 0 spiro atoms. The predicted octanol–water partition coefficient (Wildman–Crippen LogP) is 2.84. The van der Waals surface area contributed by atoms with E-state index in [1.54, 1.807) is 55.5 Å². The van der Waals surface area contributed by atoms with Crippen molar-refractivity contribution in [2.24, 2.45) is 0 Å². The fraction of sp³-hybridized carbons (Fsp3) is 0.118. The number of nitrogens with zero attached hydrogens (tertiary/aromatic N) is 2. The first-order valence-electron chi connectivity index (χ1n) is 6.61. The maximum Gasteiger partial charge on any atom is 0.265 e. The molecule has 108 valence electrons. The molecule has 22 heavy (non-hydrogen) atoms. The fourth-order valence-electron chi connectivity index (χ4n) is 1.78. The Kier molecular flexibility index (Phi) is 4.74. The van der Waals surface area contributed by atoms with Gasteiger partial charge in [0.05, 0.1) is 17.2 Å². The van der Waals surface area contributed by atoms with Crippen LogP contribution >= 0.6 is 0 Å². The van der Waals surface area contributed by atoms with Gasteiger partial charge in [-0.15, -0.1) is 0 Å². The van der Waals surface area contributed by atoms with Crippen molar-refractivity contribution in [3.8, 4) is 17.9 Å². The highest BCUT2D eigenvalue weighted by Crippen LogP contribution is 2.18. The van der Waals surface area contributed by atoms with E-state index in [2.05, 4.69) is 5.32 Å². The molecular formula is C17H13N3O2.